The van der Waals surface area contributed by atoms with Crippen LogP contribution in [0, 0.1) is 13.8 Å². The summed E-state index contributed by atoms with van der Waals surface area (Å²) in [7, 11) is 0. The average molecular weight is 266 g/mol. The van der Waals surface area contributed by atoms with Crippen molar-refractivity contribution >= 4 is 34.4 Å². The van der Waals surface area contributed by atoms with Crippen molar-refractivity contribution in [3.8, 4) is 0 Å². The summed E-state index contributed by atoms with van der Waals surface area (Å²) in [5.74, 6) is -0.0575. The highest BCUT2D eigenvalue weighted by molar-refractivity contribution is 7.14. The van der Waals surface area contributed by atoms with Crippen LogP contribution in [0.3, 0.4) is 0 Å². The fraction of sp³-hybridized carbons (Fsp3) is 0.154. The summed E-state index contributed by atoms with van der Waals surface area (Å²) < 4.78 is 0. The molecule has 0 aliphatic carbocycles. The molecule has 0 atom stereocenters. The molecule has 2 N–H and O–H groups in total. The molecule has 0 unspecified atom stereocenters. The first kappa shape index (κ1) is 12.1. The van der Waals surface area contributed by atoms with Crippen molar-refractivity contribution in [2.45, 2.75) is 13.8 Å². The number of carbonyl (C=O) groups excluding carboxylic acids is 1. The lowest BCUT2D eigenvalue weighted by atomic mass is 10.1. The van der Waals surface area contributed by atoms with E-state index in [1.807, 2.05) is 19.9 Å². The molecular weight excluding hydrogens is 254 g/mol. The van der Waals surface area contributed by atoms with Crippen LogP contribution < -0.4 is 5.73 Å². The minimum atomic E-state index is -0.0575. The number of ketones is 1. The van der Waals surface area contributed by atoms with Crippen LogP contribution in [0.5, 0.6) is 0 Å². The van der Waals surface area contributed by atoms with Gasteiger partial charge in [-0.15, -0.1) is 11.3 Å². The molecule has 0 saturated heterocycles. The van der Waals surface area contributed by atoms with Gasteiger partial charge in [0.05, 0.1) is 9.90 Å². The van der Waals surface area contributed by atoms with Gasteiger partial charge in [0.25, 0.3) is 0 Å². The lowest BCUT2D eigenvalue weighted by Gasteiger charge is -2.04. The summed E-state index contributed by atoms with van der Waals surface area (Å²) in [5, 5.41) is 0.439. The summed E-state index contributed by atoms with van der Waals surface area (Å²) in [6.07, 6.45) is 0. The number of hydrogen-bond acceptors (Lipinski definition) is 3. The number of aryl methyl sites for hydroxylation is 2. The van der Waals surface area contributed by atoms with E-state index in [1.165, 1.54) is 11.3 Å². The maximum absolute atomic E-state index is 12.3. The second-order valence-corrected chi connectivity index (χ2v) is 5.60. The molecule has 0 amide bonds. The largest absolute Gasteiger partial charge is 0.399 e. The molecule has 4 heteroatoms. The molecule has 0 aliphatic rings. The predicted molar refractivity (Wildman–Crippen MR) is 73.1 cm³/mol. The van der Waals surface area contributed by atoms with Gasteiger partial charge in [-0.3, -0.25) is 4.79 Å². The normalized spacial score (nSPS) is 10.5. The minimum Gasteiger partial charge on any atom is -0.399 e. The molecule has 0 spiro atoms. The molecule has 1 aromatic heterocycles. The lowest BCUT2D eigenvalue weighted by Crippen LogP contribution is -2.02. The second kappa shape index (κ2) is 4.51. The first-order valence-electron chi connectivity index (χ1n) is 5.16. The number of carbonyl (C=O) groups is 1. The van der Waals surface area contributed by atoms with Gasteiger partial charge < -0.3 is 5.73 Å². The maximum atomic E-state index is 12.3. The van der Waals surface area contributed by atoms with Gasteiger partial charge in [0.15, 0.2) is 0 Å². The molecular formula is C13H12ClNOS. The number of halogens is 1. The van der Waals surface area contributed by atoms with Crippen LogP contribution in [0.15, 0.2) is 24.3 Å². The summed E-state index contributed by atoms with van der Waals surface area (Å²) in [6.45, 7) is 3.91. The number of nitrogens with two attached hydrogens (primary N) is 1. The molecule has 2 rings (SSSR count). The van der Waals surface area contributed by atoms with E-state index in [1.54, 1.807) is 18.2 Å². The third-order valence-electron chi connectivity index (χ3n) is 2.48. The van der Waals surface area contributed by atoms with Crippen molar-refractivity contribution < 1.29 is 4.79 Å². The number of anilines is 1. The smallest absolute Gasteiger partial charge is 0.204 e. The van der Waals surface area contributed by atoms with Gasteiger partial charge >= 0.3 is 0 Å². The first-order valence-corrected chi connectivity index (χ1v) is 6.35. The summed E-state index contributed by atoms with van der Waals surface area (Å²) in [6, 6.07) is 6.96. The van der Waals surface area contributed by atoms with E-state index in [4.69, 9.17) is 17.3 Å². The molecule has 0 radical (unpaired) electrons. The number of hydrogen-bond donors (Lipinski definition) is 1. The van der Waals surface area contributed by atoms with Crippen LogP contribution in [-0.4, -0.2) is 5.78 Å². The zero-order valence-electron chi connectivity index (χ0n) is 9.58. The highest BCUT2D eigenvalue weighted by Crippen LogP contribution is 2.28. The fourth-order valence-electron chi connectivity index (χ4n) is 1.71. The fourth-order valence-corrected chi connectivity index (χ4v) is 2.89. The Bertz CT molecular complexity index is 589. The molecule has 0 fully saturated rings. The van der Waals surface area contributed by atoms with Gasteiger partial charge in [-0.25, -0.2) is 0 Å². The first-order chi connectivity index (χ1) is 7.99. The average Bonchev–Trinajstić information content (AvgIpc) is 2.60. The van der Waals surface area contributed by atoms with E-state index in [2.05, 4.69) is 0 Å². The van der Waals surface area contributed by atoms with Crippen molar-refractivity contribution in [2.24, 2.45) is 0 Å². The number of nitrogen functional groups attached to an aromatic ring is 1. The van der Waals surface area contributed by atoms with Crippen molar-refractivity contribution in [1.29, 1.82) is 0 Å². The zero-order chi connectivity index (χ0) is 12.6. The Balaban J connectivity index is 2.50. The second-order valence-electron chi connectivity index (χ2n) is 3.94. The van der Waals surface area contributed by atoms with Gasteiger partial charge in [0.2, 0.25) is 5.78 Å². The Labute approximate surface area is 109 Å². The van der Waals surface area contributed by atoms with E-state index in [0.717, 1.165) is 15.3 Å². The Kier molecular flexibility index (Phi) is 3.22. The quantitative estimate of drug-likeness (QED) is 0.662. The van der Waals surface area contributed by atoms with Crippen molar-refractivity contribution in [3.05, 3.63) is 50.2 Å². The predicted octanol–water partition coefficient (Wildman–Crippen LogP) is 3.83. The standard InChI is InChI=1S/C13H12ClNOS/c1-7-5-8(2)17-13(7)12(16)10-6-9(15)3-4-11(10)14/h3-6H,15H2,1-2H3. The highest BCUT2D eigenvalue weighted by atomic mass is 35.5. The van der Waals surface area contributed by atoms with Crippen molar-refractivity contribution in [3.63, 3.8) is 0 Å². The van der Waals surface area contributed by atoms with E-state index in [-0.39, 0.29) is 5.78 Å². The molecule has 0 bridgehead atoms. The number of benzene rings is 1. The molecule has 2 nitrogen and oxygen atoms in total. The van der Waals surface area contributed by atoms with Gasteiger partial charge in [0.1, 0.15) is 0 Å². The minimum absolute atomic E-state index is 0.0575. The molecule has 17 heavy (non-hydrogen) atoms. The number of thiophene rings is 1. The van der Waals surface area contributed by atoms with E-state index in [0.29, 0.717) is 16.3 Å². The van der Waals surface area contributed by atoms with E-state index < -0.39 is 0 Å². The number of rotatable bonds is 2. The Morgan fingerprint density at radius 2 is 2.00 bits per heavy atom. The summed E-state index contributed by atoms with van der Waals surface area (Å²) in [4.78, 5) is 14.2. The summed E-state index contributed by atoms with van der Waals surface area (Å²) in [5.41, 5.74) is 7.68. The van der Waals surface area contributed by atoms with Crippen LogP contribution >= 0.6 is 22.9 Å². The van der Waals surface area contributed by atoms with Crippen LogP contribution in [-0.2, 0) is 0 Å². The van der Waals surface area contributed by atoms with Crippen LogP contribution in [0.25, 0.3) is 0 Å². The third kappa shape index (κ3) is 2.35. The topological polar surface area (TPSA) is 43.1 Å². The van der Waals surface area contributed by atoms with Crippen LogP contribution in [0.4, 0.5) is 5.69 Å². The lowest BCUT2D eigenvalue weighted by molar-refractivity contribution is 0.104. The van der Waals surface area contributed by atoms with Gasteiger partial charge in [-0.2, -0.15) is 0 Å². The SMILES string of the molecule is Cc1cc(C)c(C(=O)c2cc(N)ccc2Cl)s1. The Morgan fingerprint density at radius 1 is 1.29 bits per heavy atom. The van der Waals surface area contributed by atoms with Crippen LogP contribution in [0.1, 0.15) is 25.7 Å². The highest BCUT2D eigenvalue weighted by Gasteiger charge is 2.17. The summed E-state index contributed by atoms with van der Waals surface area (Å²) >= 11 is 7.51. The molecule has 1 aromatic carbocycles. The monoisotopic (exact) mass is 265 g/mol. The van der Waals surface area contributed by atoms with Crippen molar-refractivity contribution in [1.82, 2.24) is 0 Å². The molecule has 0 aliphatic heterocycles. The van der Waals surface area contributed by atoms with Gasteiger partial charge in [-0.1, -0.05) is 11.6 Å². The van der Waals surface area contributed by atoms with Crippen molar-refractivity contribution in [2.75, 3.05) is 5.73 Å². The maximum Gasteiger partial charge on any atom is 0.204 e. The van der Waals surface area contributed by atoms with Crippen LogP contribution in [0.2, 0.25) is 5.02 Å². The zero-order valence-corrected chi connectivity index (χ0v) is 11.2. The Morgan fingerprint density at radius 3 is 2.59 bits per heavy atom. The molecule has 1 heterocycles. The van der Waals surface area contributed by atoms with Gasteiger partial charge in [0, 0.05) is 16.1 Å². The Hall–Kier alpha value is -1.32. The third-order valence-corrected chi connectivity index (χ3v) is 3.96. The molecule has 88 valence electrons. The van der Waals surface area contributed by atoms with E-state index in [9.17, 15) is 4.79 Å². The van der Waals surface area contributed by atoms with E-state index >= 15 is 0 Å². The molecule has 2 aromatic rings. The van der Waals surface area contributed by atoms with Gasteiger partial charge in [-0.05, 0) is 43.7 Å². The molecule has 0 saturated carbocycles.